The van der Waals surface area contributed by atoms with Gasteiger partial charge in [-0.3, -0.25) is 4.79 Å². The summed E-state index contributed by atoms with van der Waals surface area (Å²) in [5, 5.41) is 9.13. The highest BCUT2D eigenvalue weighted by Gasteiger charge is 2.09. The molecule has 0 saturated heterocycles. The van der Waals surface area contributed by atoms with Crippen LogP contribution in [0.4, 0.5) is 0 Å². The number of primary amides is 1. The van der Waals surface area contributed by atoms with Crippen LogP contribution in [0.2, 0.25) is 0 Å². The average molecular weight is 276 g/mol. The molecule has 0 bridgehead atoms. The molecule has 0 aliphatic carbocycles. The van der Waals surface area contributed by atoms with Gasteiger partial charge in [0.05, 0.1) is 0 Å². The van der Waals surface area contributed by atoms with Crippen LogP contribution in [-0.2, 0) is 18.3 Å². The number of nitrogens with zero attached hydrogens (tertiary/aromatic N) is 3. The number of nitrogens with two attached hydrogens (primary N) is 1. The first-order valence-electron chi connectivity index (χ1n) is 6.00. The predicted octanol–water partition coefficient (Wildman–Crippen LogP) is 1.37. The van der Waals surface area contributed by atoms with Gasteiger partial charge >= 0.3 is 0 Å². The molecule has 1 heterocycles. The van der Waals surface area contributed by atoms with Gasteiger partial charge in [0.1, 0.15) is 5.82 Å². The Bertz CT molecular complexity index is 553. The summed E-state index contributed by atoms with van der Waals surface area (Å²) < 4.78 is 1.96. The van der Waals surface area contributed by atoms with Gasteiger partial charge in [-0.25, -0.2) is 0 Å². The molecule has 5 nitrogen and oxygen atoms in total. The second-order valence-electron chi connectivity index (χ2n) is 4.18. The Kier molecular flexibility index (Phi) is 4.57. The SMILES string of the molecule is Cn1c(Cc2ccccc2)nnc1SCCC(N)=O. The van der Waals surface area contributed by atoms with E-state index >= 15 is 0 Å². The van der Waals surface area contributed by atoms with Crippen molar-refractivity contribution in [2.45, 2.75) is 18.0 Å². The number of amides is 1. The van der Waals surface area contributed by atoms with E-state index in [-0.39, 0.29) is 5.91 Å². The normalized spacial score (nSPS) is 10.6. The highest BCUT2D eigenvalue weighted by Crippen LogP contribution is 2.17. The Balaban J connectivity index is 2.00. The lowest BCUT2D eigenvalue weighted by Gasteiger charge is -2.03. The minimum Gasteiger partial charge on any atom is -0.370 e. The van der Waals surface area contributed by atoms with E-state index in [4.69, 9.17) is 5.73 Å². The molecule has 2 N–H and O–H groups in total. The molecule has 2 aromatic rings. The fraction of sp³-hybridized carbons (Fsp3) is 0.308. The van der Waals surface area contributed by atoms with Crippen LogP contribution in [-0.4, -0.2) is 26.4 Å². The number of rotatable bonds is 6. The topological polar surface area (TPSA) is 73.8 Å². The van der Waals surface area contributed by atoms with Gasteiger partial charge in [-0.15, -0.1) is 10.2 Å². The van der Waals surface area contributed by atoms with E-state index in [9.17, 15) is 4.79 Å². The molecule has 0 aliphatic rings. The number of hydrogen-bond acceptors (Lipinski definition) is 4. The molecule has 0 atom stereocenters. The highest BCUT2D eigenvalue weighted by atomic mass is 32.2. The second-order valence-corrected chi connectivity index (χ2v) is 5.25. The van der Waals surface area contributed by atoms with E-state index in [1.165, 1.54) is 17.3 Å². The summed E-state index contributed by atoms with van der Waals surface area (Å²) >= 11 is 1.50. The monoisotopic (exact) mass is 276 g/mol. The smallest absolute Gasteiger partial charge is 0.218 e. The molecule has 0 saturated carbocycles. The molecular weight excluding hydrogens is 260 g/mol. The van der Waals surface area contributed by atoms with Crippen molar-refractivity contribution < 1.29 is 4.79 Å². The number of aromatic nitrogens is 3. The van der Waals surface area contributed by atoms with Gasteiger partial charge in [-0.1, -0.05) is 42.1 Å². The van der Waals surface area contributed by atoms with Crippen LogP contribution >= 0.6 is 11.8 Å². The van der Waals surface area contributed by atoms with Crippen molar-refractivity contribution in [3.05, 3.63) is 41.7 Å². The Morgan fingerprint density at radius 1 is 1.32 bits per heavy atom. The van der Waals surface area contributed by atoms with Gasteiger partial charge in [0.2, 0.25) is 5.91 Å². The third-order valence-electron chi connectivity index (χ3n) is 2.71. The molecule has 0 spiro atoms. The van der Waals surface area contributed by atoms with Crippen LogP contribution in [0.25, 0.3) is 0 Å². The summed E-state index contributed by atoms with van der Waals surface area (Å²) in [6, 6.07) is 10.1. The van der Waals surface area contributed by atoms with Gasteiger partial charge < -0.3 is 10.3 Å². The van der Waals surface area contributed by atoms with Gasteiger partial charge in [0.15, 0.2) is 5.16 Å². The zero-order valence-electron chi connectivity index (χ0n) is 10.7. The van der Waals surface area contributed by atoms with E-state index in [1.807, 2.05) is 29.8 Å². The van der Waals surface area contributed by atoms with Crippen LogP contribution in [0.1, 0.15) is 17.8 Å². The maximum Gasteiger partial charge on any atom is 0.218 e. The molecule has 19 heavy (non-hydrogen) atoms. The maximum absolute atomic E-state index is 10.7. The molecular formula is C13H16N4OS. The van der Waals surface area contributed by atoms with E-state index in [2.05, 4.69) is 22.3 Å². The van der Waals surface area contributed by atoms with Crippen LogP contribution in [0.15, 0.2) is 35.5 Å². The number of benzene rings is 1. The lowest BCUT2D eigenvalue weighted by Crippen LogP contribution is -2.11. The molecule has 100 valence electrons. The third-order valence-corrected chi connectivity index (χ3v) is 3.73. The third kappa shape index (κ3) is 3.82. The maximum atomic E-state index is 10.7. The van der Waals surface area contributed by atoms with Crippen LogP contribution in [0, 0.1) is 0 Å². The first-order chi connectivity index (χ1) is 9.16. The first-order valence-corrected chi connectivity index (χ1v) is 6.98. The fourth-order valence-corrected chi connectivity index (χ4v) is 2.53. The van der Waals surface area contributed by atoms with E-state index in [1.54, 1.807) is 0 Å². The van der Waals surface area contributed by atoms with Crippen molar-refractivity contribution >= 4 is 17.7 Å². The van der Waals surface area contributed by atoms with E-state index in [0.717, 1.165) is 17.4 Å². The molecule has 0 aliphatic heterocycles. The molecule has 1 aromatic heterocycles. The van der Waals surface area contributed by atoms with E-state index in [0.29, 0.717) is 12.2 Å². The van der Waals surface area contributed by atoms with Gasteiger partial charge in [-0.05, 0) is 5.56 Å². The first kappa shape index (κ1) is 13.6. The molecule has 1 aromatic carbocycles. The van der Waals surface area contributed by atoms with Crippen molar-refractivity contribution in [1.82, 2.24) is 14.8 Å². The lowest BCUT2D eigenvalue weighted by molar-refractivity contribution is -0.117. The van der Waals surface area contributed by atoms with Gasteiger partial charge in [-0.2, -0.15) is 0 Å². The summed E-state index contributed by atoms with van der Waals surface area (Å²) in [5.74, 6) is 1.25. The van der Waals surface area contributed by atoms with Crippen molar-refractivity contribution in [3.63, 3.8) is 0 Å². The Hall–Kier alpha value is -1.82. The Morgan fingerprint density at radius 2 is 2.05 bits per heavy atom. The summed E-state index contributed by atoms with van der Waals surface area (Å²) in [5.41, 5.74) is 6.31. The van der Waals surface area contributed by atoms with Crippen molar-refractivity contribution in [1.29, 1.82) is 0 Å². The largest absolute Gasteiger partial charge is 0.370 e. The van der Waals surface area contributed by atoms with Crippen LogP contribution in [0.5, 0.6) is 0 Å². The molecule has 0 unspecified atom stereocenters. The predicted molar refractivity (Wildman–Crippen MR) is 74.8 cm³/mol. The Labute approximate surface area is 116 Å². The Morgan fingerprint density at radius 3 is 2.74 bits per heavy atom. The van der Waals surface area contributed by atoms with E-state index < -0.39 is 0 Å². The summed E-state index contributed by atoms with van der Waals surface area (Å²) in [4.78, 5) is 10.7. The van der Waals surface area contributed by atoms with Gasteiger partial charge in [0, 0.05) is 25.6 Å². The zero-order valence-corrected chi connectivity index (χ0v) is 11.6. The minimum atomic E-state index is -0.292. The number of hydrogen-bond donors (Lipinski definition) is 1. The second kappa shape index (κ2) is 6.38. The quantitative estimate of drug-likeness (QED) is 0.809. The molecule has 1 amide bonds. The van der Waals surface area contributed by atoms with Crippen LogP contribution < -0.4 is 5.73 Å². The molecule has 6 heteroatoms. The van der Waals surface area contributed by atoms with Crippen molar-refractivity contribution in [3.8, 4) is 0 Å². The lowest BCUT2D eigenvalue weighted by atomic mass is 10.1. The summed E-state index contributed by atoms with van der Waals surface area (Å²) in [7, 11) is 1.94. The summed E-state index contributed by atoms with van der Waals surface area (Å²) in [6.45, 7) is 0. The minimum absolute atomic E-state index is 0.292. The highest BCUT2D eigenvalue weighted by molar-refractivity contribution is 7.99. The number of carbonyl (C=O) groups excluding carboxylic acids is 1. The number of carbonyl (C=O) groups is 1. The standard InChI is InChI=1S/C13H16N4OS/c1-17-12(9-10-5-3-2-4-6-10)15-16-13(17)19-8-7-11(14)18/h2-6H,7-9H2,1H3,(H2,14,18). The average Bonchev–Trinajstić information content (AvgIpc) is 2.72. The molecule has 0 radical (unpaired) electrons. The number of thioether (sulfide) groups is 1. The fourth-order valence-electron chi connectivity index (χ4n) is 1.65. The van der Waals surface area contributed by atoms with Crippen LogP contribution in [0.3, 0.4) is 0 Å². The summed E-state index contributed by atoms with van der Waals surface area (Å²) in [6.07, 6.45) is 1.10. The van der Waals surface area contributed by atoms with Crippen molar-refractivity contribution in [2.75, 3.05) is 5.75 Å². The zero-order chi connectivity index (χ0) is 13.7. The molecule has 0 fully saturated rings. The van der Waals surface area contributed by atoms with Gasteiger partial charge in [0.25, 0.3) is 0 Å². The molecule has 2 rings (SSSR count). The van der Waals surface area contributed by atoms with Crippen molar-refractivity contribution in [2.24, 2.45) is 12.8 Å².